The topological polar surface area (TPSA) is 66.0 Å². The van der Waals surface area contributed by atoms with E-state index in [9.17, 15) is 9.59 Å². The average molecular weight is 290 g/mol. The standard InChI is InChI=1S/C16H23N3O2/c1-17-14(20)12-18-15(13-8-4-2-5-9-13)16(21)19-10-6-3-7-11-19/h2,4-5,8-9,15,18H,3,6-7,10-12H2,1H3,(H,17,20)/p+1/t15-/m0/s1. The molecule has 2 rings (SSSR count). The van der Waals surface area contributed by atoms with Crippen molar-refractivity contribution in [2.24, 2.45) is 0 Å². The van der Waals surface area contributed by atoms with Crippen LogP contribution in [0.5, 0.6) is 0 Å². The number of nitrogens with one attached hydrogen (secondary N) is 1. The maximum Gasteiger partial charge on any atom is 0.285 e. The molecule has 114 valence electrons. The summed E-state index contributed by atoms with van der Waals surface area (Å²) in [4.78, 5) is 26.2. The fourth-order valence-electron chi connectivity index (χ4n) is 2.68. The van der Waals surface area contributed by atoms with E-state index in [1.54, 1.807) is 7.05 Å². The minimum atomic E-state index is -0.332. The monoisotopic (exact) mass is 290 g/mol. The molecule has 1 aliphatic rings. The van der Waals surface area contributed by atoms with Crippen LogP contribution in [0.15, 0.2) is 30.3 Å². The van der Waals surface area contributed by atoms with Crippen LogP contribution in [0.2, 0.25) is 0 Å². The van der Waals surface area contributed by atoms with E-state index in [0.717, 1.165) is 31.5 Å². The molecule has 0 aromatic heterocycles. The van der Waals surface area contributed by atoms with E-state index in [-0.39, 0.29) is 24.4 Å². The van der Waals surface area contributed by atoms with Crippen LogP contribution in [-0.2, 0) is 9.59 Å². The highest BCUT2D eigenvalue weighted by Crippen LogP contribution is 2.16. The predicted molar refractivity (Wildman–Crippen MR) is 80.5 cm³/mol. The Bertz CT molecular complexity index is 470. The molecule has 0 spiro atoms. The molecule has 5 heteroatoms. The molecule has 0 saturated carbocycles. The van der Waals surface area contributed by atoms with Crippen molar-refractivity contribution >= 4 is 11.8 Å². The van der Waals surface area contributed by atoms with Gasteiger partial charge in [0.15, 0.2) is 12.6 Å². The summed E-state index contributed by atoms with van der Waals surface area (Å²) in [5.41, 5.74) is 0.956. The van der Waals surface area contributed by atoms with Crippen LogP contribution in [-0.4, -0.2) is 43.4 Å². The summed E-state index contributed by atoms with van der Waals surface area (Å²) in [6.45, 7) is 1.92. The van der Waals surface area contributed by atoms with Gasteiger partial charge in [-0.1, -0.05) is 30.3 Å². The summed E-state index contributed by atoms with van der Waals surface area (Å²) in [6, 6.07) is 9.37. The third kappa shape index (κ3) is 4.29. The molecule has 1 heterocycles. The summed E-state index contributed by atoms with van der Waals surface area (Å²) < 4.78 is 0. The van der Waals surface area contributed by atoms with Gasteiger partial charge in [-0.2, -0.15) is 0 Å². The SMILES string of the molecule is CNC(=O)C[NH2+][C@H](C(=O)N1CCCCC1)c1ccccc1. The zero-order valence-electron chi connectivity index (χ0n) is 12.5. The Balaban J connectivity index is 2.10. The van der Waals surface area contributed by atoms with Gasteiger partial charge < -0.3 is 15.5 Å². The lowest BCUT2D eigenvalue weighted by Gasteiger charge is -2.29. The molecule has 1 aromatic rings. The maximum absolute atomic E-state index is 12.8. The van der Waals surface area contributed by atoms with Gasteiger partial charge in [0, 0.05) is 25.7 Å². The number of nitrogens with zero attached hydrogens (tertiary/aromatic N) is 1. The van der Waals surface area contributed by atoms with Gasteiger partial charge in [0.2, 0.25) is 0 Å². The second-order valence-electron chi connectivity index (χ2n) is 5.39. The second-order valence-corrected chi connectivity index (χ2v) is 5.39. The normalized spacial score (nSPS) is 16.3. The quantitative estimate of drug-likeness (QED) is 0.805. The Morgan fingerprint density at radius 2 is 1.86 bits per heavy atom. The first-order chi connectivity index (χ1) is 10.2. The fraction of sp³-hybridized carbons (Fsp3) is 0.500. The van der Waals surface area contributed by atoms with Crippen LogP contribution < -0.4 is 10.6 Å². The molecule has 1 atom stereocenters. The third-order valence-corrected chi connectivity index (χ3v) is 3.91. The van der Waals surface area contributed by atoms with Crippen molar-refractivity contribution in [3.8, 4) is 0 Å². The molecule has 0 aliphatic carbocycles. The van der Waals surface area contributed by atoms with Crippen LogP contribution in [0.4, 0.5) is 0 Å². The molecule has 0 bridgehead atoms. The number of carbonyl (C=O) groups excluding carboxylic acids is 2. The first kappa shape index (κ1) is 15.5. The molecule has 0 unspecified atom stereocenters. The summed E-state index contributed by atoms with van der Waals surface area (Å²) in [7, 11) is 1.61. The fourth-order valence-corrected chi connectivity index (χ4v) is 2.68. The minimum Gasteiger partial charge on any atom is -0.354 e. The summed E-state index contributed by atoms with van der Waals surface area (Å²) in [6.07, 6.45) is 3.34. The largest absolute Gasteiger partial charge is 0.354 e. The average Bonchev–Trinajstić information content (AvgIpc) is 2.56. The molecule has 1 aliphatic heterocycles. The molecule has 3 N–H and O–H groups in total. The lowest BCUT2D eigenvalue weighted by Crippen LogP contribution is -2.89. The third-order valence-electron chi connectivity index (χ3n) is 3.91. The van der Waals surface area contributed by atoms with E-state index in [4.69, 9.17) is 0 Å². The Morgan fingerprint density at radius 3 is 2.48 bits per heavy atom. The van der Waals surface area contributed by atoms with Gasteiger partial charge in [0.25, 0.3) is 11.8 Å². The van der Waals surface area contributed by atoms with E-state index in [1.165, 1.54) is 6.42 Å². The number of hydrogen-bond acceptors (Lipinski definition) is 2. The highest BCUT2D eigenvalue weighted by molar-refractivity contribution is 5.82. The molecule has 1 saturated heterocycles. The number of carbonyl (C=O) groups is 2. The summed E-state index contributed by atoms with van der Waals surface area (Å²) in [5, 5.41) is 4.42. The molecule has 1 fully saturated rings. The number of piperidine rings is 1. The molecule has 2 amide bonds. The molecule has 1 aromatic carbocycles. The van der Waals surface area contributed by atoms with Crippen molar-refractivity contribution in [3.63, 3.8) is 0 Å². The van der Waals surface area contributed by atoms with Crippen molar-refractivity contribution in [2.45, 2.75) is 25.3 Å². The first-order valence-corrected chi connectivity index (χ1v) is 7.60. The molecule has 5 nitrogen and oxygen atoms in total. The number of hydrogen-bond donors (Lipinski definition) is 2. The van der Waals surface area contributed by atoms with Gasteiger partial charge in [0.05, 0.1) is 0 Å². The molecular formula is C16H24N3O2+. The number of quaternary nitrogens is 1. The van der Waals surface area contributed by atoms with Crippen molar-refractivity contribution < 1.29 is 14.9 Å². The van der Waals surface area contributed by atoms with Gasteiger partial charge >= 0.3 is 0 Å². The Hall–Kier alpha value is -1.88. The summed E-state index contributed by atoms with van der Waals surface area (Å²) in [5.74, 6) is 0.0483. The van der Waals surface area contributed by atoms with Crippen LogP contribution in [0.1, 0.15) is 30.9 Å². The number of likely N-dealkylation sites (tertiary alicyclic amines) is 1. The van der Waals surface area contributed by atoms with Crippen LogP contribution >= 0.6 is 0 Å². The minimum absolute atomic E-state index is 0.0672. The highest BCUT2D eigenvalue weighted by Gasteiger charge is 2.30. The van der Waals surface area contributed by atoms with E-state index in [0.29, 0.717) is 0 Å². The lowest BCUT2D eigenvalue weighted by atomic mass is 10.0. The van der Waals surface area contributed by atoms with Crippen molar-refractivity contribution in [2.75, 3.05) is 26.7 Å². The number of nitrogens with two attached hydrogens (primary N) is 1. The molecular weight excluding hydrogens is 266 g/mol. The smallest absolute Gasteiger partial charge is 0.285 e. The van der Waals surface area contributed by atoms with Crippen LogP contribution in [0.25, 0.3) is 0 Å². The lowest BCUT2D eigenvalue weighted by molar-refractivity contribution is -0.673. The molecule has 0 radical (unpaired) electrons. The Labute approximate surface area is 125 Å². The van der Waals surface area contributed by atoms with Gasteiger partial charge in [-0.15, -0.1) is 0 Å². The first-order valence-electron chi connectivity index (χ1n) is 7.60. The number of rotatable bonds is 5. The number of benzene rings is 1. The Kier molecular flexibility index (Phi) is 5.75. The number of likely N-dealkylation sites (N-methyl/N-ethyl adjacent to an activating group) is 1. The second kappa shape index (κ2) is 7.78. The summed E-state index contributed by atoms with van der Waals surface area (Å²) >= 11 is 0. The van der Waals surface area contributed by atoms with Gasteiger partial charge in [0.1, 0.15) is 0 Å². The van der Waals surface area contributed by atoms with Gasteiger partial charge in [-0.3, -0.25) is 9.59 Å². The van der Waals surface area contributed by atoms with Crippen molar-refractivity contribution in [1.29, 1.82) is 0 Å². The molecule has 21 heavy (non-hydrogen) atoms. The van der Waals surface area contributed by atoms with Crippen molar-refractivity contribution in [3.05, 3.63) is 35.9 Å². The zero-order valence-corrected chi connectivity index (χ0v) is 12.5. The zero-order chi connectivity index (χ0) is 15.1. The van der Waals surface area contributed by atoms with Crippen LogP contribution in [0.3, 0.4) is 0 Å². The predicted octanol–water partition coefficient (Wildman–Crippen LogP) is 0.0496. The van der Waals surface area contributed by atoms with E-state index < -0.39 is 0 Å². The van der Waals surface area contributed by atoms with Gasteiger partial charge in [-0.25, -0.2) is 0 Å². The van der Waals surface area contributed by atoms with Gasteiger partial charge in [-0.05, 0) is 19.3 Å². The van der Waals surface area contributed by atoms with E-state index in [1.807, 2.05) is 40.5 Å². The van der Waals surface area contributed by atoms with E-state index >= 15 is 0 Å². The Morgan fingerprint density at radius 1 is 1.19 bits per heavy atom. The van der Waals surface area contributed by atoms with E-state index in [2.05, 4.69) is 5.32 Å². The van der Waals surface area contributed by atoms with Crippen molar-refractivity contribution in [1.82, 2.24) is 10.2 Å². The highest BCUT2D eigenvalue weighted by atomic mass is 16.2. The van der Waals surface area contributed by atoms with Crippen LogP contribution in [0, 0.1) is 0 Å². The maximum atomic E-state index is 12.8. The number of amides is 2.